The maximum absolute atomic E-state index is 12.2. The number of hydrogen-bond donors (Lipinski definition) is 0. The Morgan fingerprint density at radius 1 is 1.00 bits per heavy atom. The van der Waals surface area contributed by atoms with E-state index in [2.05, 4.69) is 4.74 Å². The van der Waals surface area contributed by atoms with Crippen LogP contribution in [-0.2, 0) is 6.61 Å². The van der Waals surface area contributed by atoms with Crippen molar-refractivity contribution in [3.05, 3.63) is 87.8 Å². The number of carbonyl (C=O) groups is 1. The molecule has 150 valence electrons. The summed E-state index contributed by atoms with van der Waals surface area (Å²) in [6.45, 7) is -2.74. The molecule has 0 spiro atoms. The van der Waals surface area contributed by atoms with Crippen LogP contribution in [0.1, 0.15) is 21.9 Å². The monoisotopic (exact) mass is 438 g/mol. The Kier molecular flexibility index (Phi) is 6.90. The second kappa shape index (κ2) is 9.58. The second-order valence-corrected chi connectivity index (χ2v) is 6.58. The molecule has 0 fully saturated rings. The van der Waals surface area contributed by atoms with E-state index in [1.165, 1.54) is 36.4 Å². The SMILES string of the molecule is O=C(/C=C/c1ccc(COc2ccc(Cl)c(Cl)c2)o1)c1ccc(OC(F)F)cc1. The van der Waals surface area contributed by atoms with Crippen molar-refractivity contribution in [1.29, 1.82) is 0 Å². The largest absolute Gasteiger partial charge is 0.486 e. The fraction of sp³-hybridized carbons (Fsp3) is 0.0952. The van der Waals surface area contributed by atoms with E-state index in [9.17, 15) is 13.6 Å². The summed E-state index contributed by atoms with van der Waals surface area (Å²) in [5.74, 6) is 1.24. The number of alkyl halides is 2. The molecule has 2 aromatic carbocycles. The normalized spacial score (nSPS) is 11.2. The van der Waals surface area contributed by atoms with Gasteiger partial charge in [0, 0.05) is 11.6 Å². The van der Waals surface area contributed by atoms with Gasteiger partial charge in [-0.2, -0.15) is 8.78 Å². The standard InChI is InChI=1S/C21H14Cl2F2O4/c22-18-9-7-16(11-19(18)23)27-12-17-6-5-14(28-17)8-10-20(26)13-1-3-15(4-2-13)29-21(24)25/h1-11,21H,12H2/b10-8+. The van der Waals surface area contributed by atoms with E-state index < -0.39 is 6.61 Å². The highest BCUT2D eigenvalue weighted by Gasteiger charge is 2.07. The van der Waals surface area contributed by atoms with Gasteiger partial charge in [0.05, 0.1) is 10.0 Å². The number of carbonyl (C=O) groups excluding carboxylic acids is 1. The summed E-state index contributed by atoms with van der Waals surface area (Å²) in [7, 11) is 0. The van der Waals surface area contributed by atoms with Crippen LogP contribution in [0, 0.1) is 0 Å². The molecule has 0 N–H and O–H groups in total. The molecule has 0 aliphatic heterocycles. The molecule has 4 nitrogen and oxygen atoms in total. The van der Waals surface area contributed by atoms with E-state index in [4.69, 9.17) is 32.4 Å². The van der Waals surface area contributed by atoms with E-state index in [1.54, 1.807) is 30.3 Å². The molecule has 0 unspecified atom stereocenters. The van der Waals surface area contributed by atoms with Crippen LogP contribution in [0.5, 0.6) is 11.5 Å². The molecule has 0 bridgehead atoms. The zero-order valence-electron chi connectivity index (χ0n) is 14.8. The van der Waals surface area contributed by atoms with Crippen molar-refractivity contribution in [2.24, 2.45) is 0 Å². The molecule has 1 aromatic heterocycles. The average Bonchev–Trinajstić information content (AvgIpc) is 3.15. The summed E-state index contributed by atoms with van der Waals surface area (Å²) in [6.07, 6.45) is 2.83. The van der Waals surface area contributed by atoms with Crippen molar-refractivity contribution in [3.63, 3.8) is 0 Å². The van der Waals surface area contributed by atoms with Crippen LogP contribution in [0.25, 0.3) is 6.08 Å². The van der Waals surface area contributed by atoms with Crippen molar-refractivity contribution >= 4 is 35.1 Å². The molecule has 0 aliphatic rings. The van der Waals surface area contributed by atoms with Crippen LogP contribution in [0.15, 0.2) is 65.1 Å². The Labute approximate surface area is 175 Å². The number of halogens is 4. The number of rotatable bonds is 8. The van der Waals surface area contributed by atoms with Gasteiger partial charge in [-0.15, -0.1) is 0 Å². The van der Waals surface area contributed by atoms with E-state index in [0.717, 1.165) is 0 Å². The summed E-state index contributed by atoms with van der Waals surface area (Å²) < 4.78 is 39.7. The van der Waals surface area contributed by atoms with Crippen LogP contribution < -0.4 is 9.47 Å². The number of benzene rings is 2. The van der Waals surface area contributed by atoms with Crippen LogP contribution in [0.2, 0.25) is 10.0 Å². The van der Waals surface area contributed by atoms with E-state index in [0.29, 0.717) is 32.9 Å². The first-order valence-corrected chi connectivity index (χ1v) is 9.10. The summed E-state index contributed by atoms with van der Waals surface area (Å²) >= 11 is 11.8. The van der Waals surface area contributed by atoms with Gasteiger partial charge in [-0.25, -0.2) is 0 Å². The third kappa shape index (κ3) is 6.07. The first-order valence-electron chi connectivity index (χ1n) is 8.34. The van der Waals surface area contributed by atoms with Gasteiger partial charge >= 0.3 is 6.61 Å². The van der Waals surface area contributed by atoms with Crippen LogP contribution >= 0.6 is 23.2 Å². The van der Waals surface area contributed by atoms with Gasteiger partial charge in [-0.3, -0.25) is 4.79 Å². The molecule has 3 rings (SSSR count). The van der Waals surface area contributed by atoms with Gasteiger partial charge in [0.1, 0.15) is 29.6 Å². The molecule has 1 heterocycles. The Morgan fingerprint density at radius 3 is 2.41 bits per heavy atom. The minimum absolute atomic E-state index is 0.0156. The van der Waals surface area contributed by atoms with E-state index in [-0.39, 0.29) is 18.1 Å². The summed E-state index contributed by atoms with van der Waals surface area (Å²) in [5, 5.41) is 0.824. The number of ether oxygens (including phenoxy) is 2. The average molecular weight is 439 g/mol. The van der Waals surface area contributed by atoms with Crippen LogP contribution in [0.3, 0.4) is 0 Å². The molecule has 0 aliphatic carbocycles. The number of allylic oxidation sites excluding steroid dienone is 1. The topological polar surface area (TPSA) is 48.7 Å². The molecule has 8 heteroatoms. The fourth-order valence-electron chi connectivity index (χ4n) is 2.34. The van der Waals surface area contributed by atoms with Crippen molar-refractivity contribution in [2.45, 2.75) is 13.2 Å². The molecule has 0 atom stereocenters. The zero-order valence-corrected chi connectivity index (χ0v) is 16.3. The second-order valence-electron chi connectivity index (χ2n) is 5.77. The fourth-order valence-corrected chi connectivity index (χ4v) is 2.63. The lowest BCUT2D eigenvalue weighted by atomic mass is 10.1. The Hall–Kier alpha value is -2.83. The Balaban J connectivity index is 1.56. The quantitative estimate of drug-likeness (QED) is 0.291. The first-order chi connectivity index (χ1) is 13.9. The predicted octanol–water partition coefficient (Wildman–Crippen LogP) is 6.66. The van der Waals surface area contributed by atoms with E-state index >= 15 is 0 Å². The first kappa shape index (κ1) is 20.9. The molecule has 0 saturated heterocycles. The van der Waals surface area contributed by atoms with Gasteiger partial charge in [0.25, 0.3) is 0 Å². The van der Waals surface area contributed by atoms with Crippen molar-refractivity contribution in [2.75, 3.05) is 0 Å². The highest BCUT2D eigenvalue weighted by atomic mass is 35.5. The van der Waals surface area contributed by atoms with Crippen molar-refractivity contribution in [1.82, 2.24) is 0 Å². The third-order valence-electron chi connectivity index (χ3n) is 3.72. The lowest BCUT2D eigenvalue weighted by molar-refractivity contribution is -0.0498. The minimum Gasteiger partial charge on any atom is -0.486 e. The maximum atomic E-state index is 12.2. The smallest absolute Gasteiger partial charge is 0.387 e. The molecule has 0 radical (unpaired) electrons. The Morgan fingerprint density at radius 2 is 1.72 bits per heavy atom. The zero-order chi connectivity index (χ0) is 20.8. The molecule has 0 saturated carbocycles. The van der Waals surface area contributed by atoms with E-state index in [1.807, 2.05) is 0 Å². The van der Waals surface area contributed by atoms with Gasteiger partial charge < -0.3 is 13.9 Å². The third-order valence-corrected chi connectivity index (χ3v) is 4.46. The predicted molar refractivity (Wildman–Crippen MR) is 106 cm³/mol. The highest BCUT2D eigenvalue weighted by Crippen LogP contribution is 2.27. The molecular weight excluding hydrogens is 425 g/mol. The van der Waals surface area contributed by atoms with Crippen LogP contribution in [-0.4, -0.2) is 12.4 Å². The van der Waals surface area contributed by atoms with Gasteiger partial charge in [0.2, 0.25) is 0 Å². The van der Waals surface area contributed by atoms with Gasteiger partial charge in [-0.1, -0.05) is 23.2 Å². The van der Waals surface area contributed by atoms with Crippen molar-refractivity contribution in [3.8, 4) is 11.5 Å². The van der Waals surface area contributed by atoms with Crippen molar-refractivity contribution < 1.29 is 27.5 Å². The highest BCUT2D eigenvalue weighted by molar-refractivity contribution is 6.42. The molecule has 3 aromatic rings. The summed E-state index contributed by atoms with van der Waals surface area (Å²) in [5.41, 5.74) is 0.331. The minimum atomic E-state index is -2.91. The summed E-state index contributed by atoms with van der Waals surface area (Å²) in [6, 6.07) is 13.8. The molecule has 0 amide bonds. The number of hydrogen-bond acceptors (Lipinski definition) is 4. The maximum Gasteiger partial charge on any atom is 0.387 e. The number of ketones is 1. The van der Waals surface area contributed by atoms with Gasteiger partial charge in [-0.05, 0) is 60.7 Å². The van der Waals surface area contributed by atoms with Crippen LogP contribution in [0.4, 0.5) is 8.78 Å². The lowest BCUT2D eigenvalue weighted by Gasteiger charge is -2.05. The molecular formula is C21H14Cl2F2O4. The molecule has 29 heavy (non-hydrogen) atoms. The summed E-state index contributed by atoms with van der Waals surface area (Å²) in [4.78, 5) is 12.2. The lowest BCUT2D eigenvalue weighted by Crippen LogP contribution is -2.02. The number of furan rings is 1. The van der Waals surface area contributed by atoms with Gasteiger partial charge in [0.15, 0.2) is 5.78 Å². The Bertz CT molecular complexity index is 1010.